The molecular weight excluding hydrogens is 448 g/mol. The molecule has 1 spiro atoms. The lowest BCUT2D eigenvalue weighted by molar-refractivity contribution is -0.308. The maximum atomic E-state index is 14.0. The zero-order chi connectivity index (χ0) is 25.5. The molecule has 4 fully saturated rings. The molecule has 0 amide bonds. The number of fused-ring (bicyclic) bond motifs is 4. The number of aliphatic hydroxyl groups is 3. The van der Waals surface area contributed by atoms with Crippen LogP contribution >= 0.6 is 0 Å². The van der Waals surface area contributed by atoms with E-state index in [-0.39, 0.29) is 36.2 Å². The van der Waals surface area contributed by atoms with Gasteiger partial charge in [-0.1, -0.05) is 19.9 Å². The van der Waals surface area contributed by atoms with Crippen LogP contribution in [0.2, 0.25) is 0 Å². The number of esters is 1. The van der Waals surface area contributed by atoms with E-state index in [1.165, 1.54) is 6.08 Å². The van der Waals surface area contributed by atoms with Crippen molar-refractivity contribution in [3.63, 3.8) is 0 Å². The second kappa shape index (κ2) is 6.53. The molecule has 7 nitrogen and oxygen atoms in total. The van der Waals surface area contributed by atoms with Gasteiger partial charge in [0, 0.05) is 16.9 Å². The summed E-state index contributed by atoms with van der Waals surface area (Å²) < 4.78 is 6.35. The number of rotatable bonds is 0. The number of aliphatic hydroxyl groups excluding tert-OH is 1. The van der Waals surface area contributed by atoms with Crippen molar-refractivity contribution in [2.75, 3.05) is 0 Å². The van der Waals surface area contributed by atoms with Crippen LogP contribution in [0.3, 0.4) is 0 Å². The van der Waals surface area contributed by atoms with E-state index in [0.29, 0.717) is 30.4 Å². The molecule has 0 aromatic carbocycles. The third-order valence-corrected chi connectivity index (χ3v) is 12.3. The number of hydrogen-bond acceptors (Lipinski definition) is 7. The van der Waals surface area contributed by atoms with Crippen molar-refractivity contribution in [3.05, 3.63) is 23.3 Å². The first-order valence-corrected chi connectivity index (χ1v) is 13.0. The largest absolute Gasteiger partial charge is 0.454 e. The standard InChI is InChI=1S/C28H36O7/c1-13-14(2)23(32)35-28-12-18-16(11-20(30)27(34)9-6-7-19(29)24(18,27)4)17-8-10-26(33,25(17,28)5)15(3)22(31)21(13)28/h6-7,15-18,20-21,30,33-34H,8-12H2,1-5H3/t15-,16?,17?,18?,20-,21+,24+,25+,26-,27+,28+/m1/s1. The Morgan fingerprint density at radius 1 is 1.06 bits per heavy atom. The molecule has 35 heavy (non-hydrogen) atoms. The molecule has 1 aliphatic heterocycles. The van der Waals surface area contributed by atoms with Gasteiger partial charge in [0.05, 0.1) is 23.0 Å². The van der Waals surface area contributed by atoms with Crippen molar-refractivity contribution in [1.29, 1.82) is 0 Å². The van der Waals surface area contributed by atoms with Crippen molar-refractivity contribution in [2.45, 2.75) is 89.6 Å². The Morgan fingerprint density at radius 2 is 1.74 bits per heavy atom. The van der Waals surface area contributed by atoms with Gasteiger partial charge >= 0.3 is 5.97 Å². The van der Waals surface area contributed by atoms with Gasteiger partial charge in [-0.25, -0.2) is 4.79 Å². The Morgan fingerprint density at radius 3 is 2.43 bits per heavy atom. The Kier molecular flexibility index (Phi) is 4.40. The van der Waals surface area contributed by atoms with Crippen LogP contribution in [-0.4, -0.2) is 55.8 Å². The Hall–Kier alpha value is -1.83. The molecule has 190 valence electrons. The minimum atomic E-state index is -1.64. The van der Waals surface area contributed by atoms with Gasteiger partial charge in [-0.15, -0.1) is 0 Å². The normalized spacial score (nSPS) is 56.7. The number of allylic oxidation sites excluding steroid dienone is 1. The number of ether oxygens (including phenoxy) is 1. The van der Waals surface area contributed by atoms with Crippen molar-refractivity contribution in [3.8, 4) is 0 Å². The highest BCUT2D eigenvalue weighted by atomic mass is 16.6. The van der Waals surface area contributed by atoms with E-state index in [1.807, 2.05) is 13.8 Å². The second-order valence-electron chi connectivity index (χ2n) is 12.7. The third kappa shape index (κ3) is 2.17. The smallest absolute Gasteiger partial charge is 0.334 e. The van der Waals surface area contributed by atoms with Crippen LogP contribution in [0.1, 0.15) is 66.7 Å². The summed E-state index contributed by atoms with van der Waals surface area (Å²) in [6.07, 6.45) is 3.68. The Labute approximate surface area is 205 Å². The van der Waals surface area contributed by atoms with Crippen molar-refractivity contribution in [1.82, 2.24) is 0 Å². The highest BCUT2D eigenvalue weighted by Gasteiger charge is 2.83. The molecule has 1 heterocycles. The van der Waals surface area contributed by atoms with Crippen LogP contribution in [0.15, 0.2) is 23.3 Å². The monoisotopic (exact) mass is 484 g/mol. The first-order chi connectivity index (χ1) is 16.2. The highest BCUT2D eigenvalue weighted by Crippen LogP contribution is 2.76. The molecule has 3 N–H and O–H groups in total. The van der Waals surface area contributed by atoms with E-state index < -0.39 is 57.5 Å². The summed E-state index contributed by atoms with van der Waals surface area (Å²) in [7, 11) is 0. The Balaban J connectivity index is 1.64. The minimum Gasteiger partial charge on any atom is -0.454 e. The van der Waals surface area contributed by atoms with Crippen molar-refractivity contribution >= 4 is 17.5 Å². The fraction of sp³-hybridized carbons (Fsp3) is 0.750. The Bertz CT molecular complexity index is 1140. The van der Waals surface area contributed by atoms with Crippen LogP contribution < -0.4 is 0 Å². The SMILES string of the molecule is CC1=C(C)[C@H]2C(=O)[C@@H](C)[C@]3(O)CCC4C5C[C@@H](O)[C@@]6(O)CC=CC(=O)[C@]6(C)C5C[C@@]2(OC1=O)[C@@]43C. The quantitative estimate of drug-likeness (QED) is 0.451. The van der Waals surface area contributed by atoms with E-state index in [2.05, 4.69) is 0 Å². The van der Waals surface area contributed by atoms with Gasteiger partial charge in [0.15, 0.2) is 5.78 Å². The average Bonchev–Trinajstić information content (AvgIpc) is 3.09. The molecule has 6 rings (SSSR count). The topological polar surface area (TPSA) is 121 Å². The lowest BCUT2D eigenvalue weighted by Crippen LogP contribution is -2.80. The molecule has 0 aromatic heterocycles. The predicted octanol–water partition coefficient (Wildman–Crippen LogP) is 2.27. The molecule has 0 radical (unpaired) electrons. The highest BCUT2D eigenvalue weighted by molar-refractivity contribution is 5.99. The van der Waals surface area contributed by atoms with Crippen LogP contribution in [0.4, 0.5) is 0 Å². The molecule has 0 aromatic rings. The summed E-state index contributed by atoms with van der Waals surface area (Å²) in [5.41, 5.74) is -5.45. The number of Topliss-reactive ketones (excluding diaryl/α,β-unsaturated/α-hetero) is 1. The van der Waals surface area contributed by atoms with E-state index >= 15 is 0 Å². The fourth-order valence-electron chi connectivity index (χ4n) is 10.1. The lowest BCUT2D eigenvalue weighted by atomic mass is 9.35. The van der Waals surface area contributed by atoms with Crippen molar-refractivity contribution in [2.24, 2.45) is 40.4 Å². The lowest BCUT2D eigenvalue weighted by Gasteiger charge is -2.71. The predicted molar refractivity (Wildman–Crippen MR) is 125 cm³/mol. The average molecular weight is 485 g/mol. The zero-order valence-electron chi connectivity index (χ0n) is 21.1. The van der Waals surface area contributed by atoms with Gasteiger partial charge < -0.3 is 20.1 Å². The van der Waals surface area contributed by atoms with Crippen LogP contribution in [-0.2, 0) is 19.1 Å². The van der Waals surface area contributed by atoms with E-state index in [1.54, 1.807) is 26.8 Å². The van der Waals surface area contributed by atoms with Gasteiger partial charge in [-0.3, -0.25) is 9.59 Å². The van der Waals surface area contributed by atoms with Gasteiger partial charge in [-0.2, -0.15) is 0 Å². The molecule has 0 saturated heterocycles. The summed E-state index contributed by atoms with van der Waals surface area (Å²) in [5, 5.41) is 35.3. The van der Waals surface area contributed by atoms with Crippen molar-refractivity contribution < 1.29 is 34.4 Å². The summed E-state index contributed by atoms with van der Waals surface area (Å²) in [5.74, 6) is -2.96. The fourth-order valence-corrected chi connectivity index (χ4v) is 10.1. The van der Waals surface area contributed by atoms with Gasteiger partial charge in [0.1, 0.15) is 17.0 Å². The van der Waals surface area contributed by atoms with Gasteiger partial charge in [0.25, 0.3) is 0 Å². The molecule has 6 aliphatic rings. The van der Waals surface area contributed by atoms with Gasteiger partial charge in [0.2, 0.25) is 0 Å². The summed E-state index contributed by atoms with van der Waals surface area (Å²) in [6, 6.07) is 0. The maximum absolute atomic E-state index is 14.0. The van der Waals surface area contributed by atoms with E-state index in [0.717, 1.165) is 0 Å². The van der Waals surface area contributed by atoms with E-state index in [9.17, 15) is 29.7 Å². The summed E-state index contributed by atoms with van der Waals surface area (Å²) >= 11 is 0. The number of carbonyl (C=O) groups excluding carboxylic acids is 3. The molecule has 11 atom stereocenters. The third-order valence-electron chi connectivity index (χ3n) is 12.3. The first kappa shape index (κ1) is 23.6. The summed E-state index contributed by atoms with van der Waals surface area (Å²) in [4.78, 5) is 40.7. The molecule has 5 aliphatic carbocycles. The van der Waals surface area contributed by atoms with Gasteiger partial charge in [-0.05, 0) is 82.3 Å². The van der Waals surface area contributed by atoms with E-state index in [4.69, 9.17) is 4.74 Å². The summed E-state index contributed by atoms with van der Waals surface area (Å²) in [6.45, 7) is 8.98. The zero-order valence-corrected chi connectivity index (χ0v) is 21.1. The second-order valence-corrected chi connectivity index (χ2v) is 12.7. The molecular formula is C28H36O7. The minimum absolute atomic E-state index is 0.125. The number of carbonyl (C=O) groups is 3. The van der Waals surface area contributed by atoms with Crippen LogP contribution in [0, 0.1) is 40.4 Å². The molecule has 4 saturated carbocycles. The molecule has 3 unspecified atom stereocenters. The van der Waals surface area contributed by atoms with Crippen LogP contribution in [0.5, 0.6) is 0 Å². The molecule has 0 bridgehead atoms. The van der Waals surface area contributed by atoms with Crippen LogP contribution in [0.25, 0.3) is 0 Å². The number of hydrogen-bond donors (Lipinski definition) is 3. The number of ketones is 2. The molecule has 7 heteroatoms. The first-order valence-electron chi connectivity index (χ1n) is 13.0. The maximum Gasteiger partial charge on any atom is 0.334 e.